The van der Waals surface area contributed by atoms with E-state index in [1.165, 1.54) is 0 Å². The molecule has 0 radical (unpaired) electrons. The van der Waals surface area contributed by atoms with E-state index in [4.69, 9.17) is 4.98 Å². The van der Waals surface area contributed by atoms with Crippen LogP contribution < -0.4 is 0 Å². The summed E-state index contributed by atoms with van der Waals surface area (Å²) in [7, 11) is 0. The molecule has 0 atom stereocenters. The largest absolute Gasteiger partial charge is 0.277 e. The molecule has 0 aliphatic rings. The fourth-order valence-corrected chi connectivity index (χ4v) is 2.79. The first-order valence-corrected chi connectivity index (χ1v) is 7.77. The zero-order valence-electron chi connectivity index (χ0n) is 11.6. The van der Waals surface area contributed by atoms with E-state index in [-0.39, 0.29) is 0 Å². The second-order valence-electron chi connectivity index (χ2n) is 4.96. The van der Waals surface area contributed by atoms with Crippen LogP contribution in [-0.2, 0) is 0 Å². The second-order valence-corrected chi connectivity index (χ2v) is 5.88. The van der Waals surface area contributed by atoms with Gasteiger partial charge < -0.3 is 0 Å². The predicted molar refractivity (Wildman–Crippen MR) is 92.0 cm³/mol. The molecule has 0 unspecified atom stereocenters. The zero-order valence-corrected chi connectivity index (χ0v) is 13.2. The van der Waals surface area contributed by atoms with E-state index in [1.807, 2.05) is 42.5 Å². The lowest BCUT2D eigenvalue weighted by Crippen LogP contribution is -1.98. The molecule has 106 valence electrons. The van der Waals surface area contributed by atoms with Crippen molar-refractivity contribution in [1.82, 2.24) is 14.5 Å². The number of halogens is 1. The summed E-state index contributed by atoms with van der Waals surface area (Å²) in [5.41, 5.74) is 3.88. The number of imidazole rings is 1. The van der Waals surface area contributed by atoms with Gasteiger partial charge in [-0.2, -0.15) is 0 Å². The van der Waals surface area contributed by atoms with Crippen LogP contribution in [0.15, 0.2) is 77.4 Å². The molecular weight excluding hydrogens is 338 g/mol. The van der Waals surface area contributed by atoms with Gasteiger partial charge in [0.1, 0.15) is 11.3 Å². The van der Waals surface area contributed by atoms with Gasteiger partial charge in [0.2, 0.25) is 0 Å². The Hall–Kier alpha value is -2.46. The van der Waals surface area contributed by atoms with Crippen molar-refractivity contribution in [2.75, 3.05) is 0 Å². The lowest BCUT2D eigenvalue weighted by atomic mass is 10.2. The Morgan fingerprint density at radius 1 is 0.818 bits per heavy atom. The van der Waals surface area contributed by atoms with Crippen LogP contribution in [0.25, 0.3) is 28.2 Å². The predicted octanol–water partition coefficient (Wildman–Crippen LogP) is 4.85. The maximum Gasteiger partial charge on any atom is 0.164 e. The first-order valence-electron chi connectivity index (χ1n) is 6.98. The Kier molecular flexibility index (Phi) is 3.24. The van der Waals surface area contributed by atoms with Gasteiger partial charge in [-0.25, -0.2) is 9.97 Å². The van der Waals surface area contributed by atoms with E-state index in [0.717, 1.165) is 32.7 Å². The van der Waals surface area contributed by atoms with Crippen LogP contribution in [-0.4, -0.2) is 14.5 Å². The number of benzene rings is 2. The maximum atomic E-state index is 4.77. The highest BCUT2D eigenvalue weighted by atomic mass is 79.9. The van der Waals surface area contributed by atoms with Gasteiger partial charge in [0, 0.05) is 21.9 Å². The number of aromatic nitrogens is 3. The Balaban J connectivity index is 2.04. The Bertz CT molecular complexity index is 928. The first-order chi connectivity index (χ1) is 10.8. The first kappa shape index (κ1) is 13.2. The number of para-hydroxylation sites is 1. The molecule has 0 spiro atoms. The molecule has 2 aromatic carbocycles. The number of hydrogen-bond acceptors (Lipinski definition) is 2. The lowest BCUT2D eigenvalue weighted by molar-refractivity contribution is 1.08. The van der Waals surface area contributed by atoms with Gasteiger partial charge in [-0.15, -0.1) is 0 Å². The summed E-state index contributed by atoms with van der Waals surface area (Å²) in [5, 5.41) is 0. The van der Waals surface area contributed by atoms with E-state index in [2.05, 4.69) is 49.7 Å². The third-order valence-corrected chi connectivity index (χ3v) is 4.06. The highest BCUT2D eigenvalue weighted by Crippen LogP contribution is 2.28. The van der Waals surface area contributed by atoms with Crippen LogP contribution in [0.4, 0.5) is 0 Å². The molecule has 0 fully saturated rings. The normalized spacial score (nSPS) is 11.0. The monoisotopic (exact) mass is 349 g/mol. The van der Waals surface area contributed by atoms with Gasteiger partial charge in [0.15, 0.2) is 5.65 Å². The minimum Gasteiger partial charge on any atom is -0.277 e. The van der Waals surface area contributed by atoms with Crippen LogP contribution in [0, 0.1) is 0 Å². The molecule has 0 aliphatic carbocycles. The van der Waals surface area contributed by atoms with E-state index in [1.54, 1.807) is 6.20 Å². The number of pyridine rings is 1. The quantitative estimate of drug-likeness (QED) is 0.517. The Morgan fingerprint density at radius 2 is 1.59 bits per heavy atom. The molecule has 2 aromatic heterocycles. The molecule has 2 heterocycles. The topological polar surface area (TPSA) is 30.7 Å². The average Bonchev–Trinajstić information content (AvgIpc) is 2.96. The van der Waals surface area contributed by atoms with Gasteiger partial charge >= 0.3 is 0 Å². The fourth-order valence-electron chi connectivity index (χ4n) is 2.53. The summed E-state index contributed by atoms with van der Waals surface area (Å²) in [6.45, 7) is 0. The summed E-state index contributed by atoms with van der Waals surface area (Å²) in [6.07, 6.45) is 1.80. The summed E-state index contributed by atoms with van der Waals surface area (Å²) in [6, 6.07) is 22.3. The smallest absolute Gasteiger partial charge is 0.164 e. The zero-order chi connectivity index (χ0) is 14.9. The van der Waals surface area contributed by atoms with Gasteiger partial charge in [0.25, 0.3) is 0 Å². The van der Waals surface area contributed by atoms with Crippen molar-refractivity contribution in [2.24, 2.45) is 0 Å². The third kappa shape index (κ3) is 2.22. The van der Waals surface area contributed by atoms with Crippen molar-refractivity contribution in [3.8, 4) is 17.1 Å². The van der Waals surface area contributed by atoms with E-state index >= 15 is 0 Å². The van der Waals surface area contributed by atoms with Crippen molar-refractivity contribution in [3.05, 3.63) is 77.4 Å². The summed E-state index contributed by atoms with van der Waals surface area (Å²) in [5.74, 6) is 0.896. The third-order valence-electron chi connectivity index (χ3n) is 3.53. The molecule has 0 N–H and O–H groups in total. The van der Waals surface area contributed by atoms with Crippen molar-refractivity contribution in [1.29, 1.82) is 0 Å². The van der Waals surface area contributed by atoms with Gasteiger partial charge in [0.05, 0.1) is 0 Å². The highest BCUT2D eigenvalue weighted by Gasteiger charge is 2.14. The molecule has 4 aromatic rings. The summed E-state index contributed by atoms with van der Waals surface area (Å²) in [4.78, 5) is 9.29. The molecule has 4 rings (SSSR count). The van der Waals surface area contributed by atoms with Crippen molar-refractivity contribution < 1.29 is 0 Å². The SMILES string of the molecule is Brc1ccc(-c2nc3cccnc3n2-c2ccccc2)cc1. The molecule has 0 saturated carbocycles. The molecule has 22 heavy (non-hydrogen) atoms. The number of hydrogen-bond donors (Lipinski definition) is 0. The fraction of sp³-hybridized carbons (Fsp3) is 0. The van der Waals surface area contributed by atoms with Crippen molar-refractivity contribution in [2.45, 2.75) is 0 Å². The van der Waals surface area contributed by atoms with E-state index < -0.39 is 0 Å². The number of rotatable bonds is 2. The minimum atomic E-state index is 0.867. The molecule has 0 saturated heterocycles. The summed E-state index contributed by atoms with van der Waals surface area (Å²) >= 11 is 3.48. The summed E-state index contributed by atoms with van der Waals surface area (Å²) < 4.78 is 3.15. The van der Waals surface area contributed by atoms with Crippen molar-refractivity contribution >= 4 is 27.1 Å². The average molecular weight is 350 g/mol. The Labute approximate surface area is 136 Å². The van der Waals surface area contributed by atoms with Gasteiger partial charge in [-0.1, -0.05) is 46.3 Å². The van der Waals surface area contributed by atoms with E-state index in [9.17, 15) is 0 Å². The van der Waals surface area contributed by atoms with Crippen LogP contribution in [0.3, 0.4) is 0 Å². The van der Waals surface area contributed by atoms with Gasteiger partial charge in [-0.05, 0) is 36.4 Å². The molecule has 0 aliphatic heterocycles. The van der Waals surface area contributed by atoms with Crippen LogP contribution in [0.5, 0.6) is 0 Å². The second kappa shape index (κ2) is 5.39. The lowest BCUT2D eigenvalue weighted by Gasteiger charge is -2.08. The number of nitrogens with zero attached hydrogens (tertiary/aromatic N) is 3. The highest BCUT2D eigenvalue weighted by molar-refractivity contribution is 9.10. The Morgan fingerprint density at radius 3 is 2.36 bits per heavy atom. The van der Waals surface area contributed by atoms with Crippen LogP contribution >= 0.6 is 15.9 Å². The van der Waals surface area contributed by atoms with E-state index in [0.29, 0.717) is 0 Å². The van der Waals surface area contributed by atoms with Crippen LogP contribution in [0.1, 0.15) is 0 Å². The minimum absolute atomic E-state index is 0.867. The van der Waals surface area contributed by atoms with Gasteiger partial charge in [-0.3, -0.25) is 4.57 Å². The molecule has 0 bridgehead atoms. The maximum absolute atomic E-state index is 4.77. The molecular formula is C18H12BrN3. The standard InChI is InChI=1S/C18H12BrN3/c19-14-10-8-13(9-11-14)17-21-16-7-4-12-20-18(16)22(17)15-5-2-1-3-6-15/h1-12H. The molecule has 4 heteroatoms. The molecule has 0 amide bonds. The number of fused-ring (bicyclic) bond motifs is 1. The van der Waals surface area contributed by atoms with Crippen molar-refractivity contribution in [3.63, 3.8) is 0 Å². The van der Waals surface area contributed by atoms with Crippen LogP contribution in [0.2, 0.25) is 0 Å². The molecule has 3 nitrogen and oxygen atoms in total.